The van der Waals surface area contributed by atoms with Gasteiger partial charge in [-0.2, -0.15) is 0 Å². The minimum Gasteiger partial charge on any atom is -0.395 e. The topological polar surface area (TPSA) is 52.6 Å². The number of nitrogens with zero attached hydrogens (tertiary/aromatic N) is 1. The predicted octanol–water partition coefficient (Wildman–Crippen LogP) is 1.81. The molecule has 0 spiro atoms. The summed E-state index contributed by atoms with van der Waals surface area (Å²) in [5, 5.41) is 11.8. The minimum absolute atomic E-state index is 0.0112. The fraction of sp³-hybridized carbons (Fsp3) is 0.533. The van der Waals surface area contributed by atoms with Gasteiger partial charge in [-0.3, -0.25) is 0 Å². The Bertz CT molecular complexity index is 408. The van der Waals surface area contributed by atoms with Gasteiger partial charge in [-0.05, 0) is 30.7 Å². The summed E-state index contributed by atoms with van der Waals surface area (Å²) in [6.07, 6.45) is 1.15. The van der Waals surface area contributed by atoms with E-state index in [0.29, 0.717) is 24.9 Å². The van der Waals surface area contributed by atoms with Crippen molar-refractivity contribution >= 4 is 6.03 Å². The van der Waals surface area contributed by atoms with E-state index >= 15 is 0 Å². The summed E-state index contributed by atoms with van der Waals surface area (Å²) in [6, 6.07) is 10.4. The fourth-order valence-corrected chi connectivity index (χ4v) is 2.44. The van der Waals surface area contributed by atoms with Gasteiger partial charge in [0.25, 0.3) is 0 Å². The third kappa shape index (κ3) is 3.70. The number of aliphatic hydroxyl groups is 1. The third-order valence-corrected chi connectivity index (χ3v) is 3.70. The van der Waals surface area contributed by atoms with Crippen molar-refractivity contribution in [3.8, 4) is 0 Å². The minimum atomic E-state index is -0.0738. The maximum Gasteiger partial charge on any atom is 0.317 e. The molecule has 0 aromatic heterocycles. The molecule has 2 rings (SSSR count). The van der Waals surface area contributed by atoms with E-state index in [1.165, 1.54) is 5.56 Å². The molecule has 0 aliphatic heterocycles. The van der Waals surface area contributed by atoms with Crippen molar-refractivity contribution in [2.24, 2.45) is 5.92 Å². The van der Waals surface area contributed by atoms with Gasteiger partial charge < -0.3 is 15.3 Å². The fourth-order valence-electron chi connectivity index (χ4n) is 2.44. The highest BCUT2D eigenvalue weighted by atomic mass is 16.3. The molecule has 0 bridgehead atoms. The smallest absolute Gasteiger partial charge is 0.317 e. The summed E-state index contributed by atoms with van der Waals surface area (Å²) in [4.78, 5) is 13.5. The summed E-state index contributed by atoms with van der Waals surface area (Å²) in [5.74, 6) is 1.15. The van der Waals surface area contributed by atoms with E-state index in [1.54, 1.807) is 4.90 Å². The molecule has 0 radical (unpaired) electrons. The molecule has 2 unspecified atom stereocenters. The highest BCUT2D eigenvalue weighted by Crippen LogP contribution is 2.46. The van der Waals surface area contributed by atoms with E-state index in [2.05, 4.69) is 29.6 Å². The number of hydrogen-bond donors (Lipinski definition) is 2. The van der Waals surface area contributed by atoms with Crippen LogP contribution in [-0.2, 0) is 0 Å². The Balaban J connectivity index is 1.74. The molecule has 104 valence electrons. The largest absolute Gasteiger partial charge is 0.395 e. The zero-order chi connectivity index (χ0) is 13.7. The van der Waals surface area contributed by atoms with Crippen molar-refractivity contribution in [1.82, 2.24) is 10.2 Å². The number of rotatable bonds is 6. The number of benzene rings is 1. The summed E-state index contributed by atoms with van der Waals surface area (Å²) in [6.45, 7) is 3.67. The average molecular weight is 262 g/mol. The van der Waals surface area contributed by atoms with Crippen LogP contribution in [0, 0.1) is 5.92 Å². The van der Waals surface area contributed by atoms with Gasteiger partial charge in [-0.25, -0.2) is 4.79 Å². The maximum absolute atomic E-state index is 11.8. The molecule has 2 amide bonds. The molecule has 1 saturated carbocycles. The Morgan fingerprint density at radius 3 is 2.79 bits per heavy atom. The molecule has 1 aromatic carbocycles. The summed E-state index contributed by atoms with van der Waals surface area (Å²) in [5.41, 5.74) is 1.37. The first-order chi connectivity index (χ1) is 9.26. The molecule has 19 heavy (non-hydrogen) atoms. The lowest BCUT2D eigenvalue weighted by Crippen LogP contribution is -2.42. The molecule has 4 nitrogen and oxygen atoms in total. The highest BCUT2D eigenvalue weighted by Gasteiger charge is 2.38. The Morgan fingerprint density at radius 1 is 1.42 bits per heavy atom. The molecule has 0 heterocycles. The Hall–Kier alpha value is -1.55. The first-order valence-corrected chi connectivity index (χ1v) is 6.94. The summed E-state index contributed by atoms with van der Waals surface area (Å²) >= 11 is 0. The standard InChI is InChI=1S/C15H22N2O2/c1-2-17(8-9-18)15(19)16-11-13-10-14(13)12-6-4-3-5-7-12/h3-7,13-14,18H,2,8-11H2,1H3,(H,16,19). The van der Waals surface area contributed by atoms with Crippen LogP contribution in [0.25, 0.3) is 0 Å². The van der Waals surface area contributed by atoms with Crippen molar-refractivity contribution in [2.45, 2.75) is 19.3 Å². The quantitative estimate of drug-likeness (QED) is 0.821. The predicted molar refractivity (Wildman–Crippen MR) is 75.0 cm³/mol. The van der Waals surface area contributed by atoms with Crippen LogP contribution in [0.5, 0.6) is 0 Å². The molecular formula is C15H22N2O2. The van der Waals surface area contributed by atoms with Gasteiger partial charge in [0, 0.05) is 19.6 Å². The van der Waals surface area contributed by atoms with E-state index in [0.717, 1.165) is 13.0 Å². The van der Waals surface area contributed by atoms with E-state index in [-0.39, 0.29) is 12.6 Å². The number of hydrogen-bond acceptors (Lipinski definition) is 2. The molecular weight excluding hydrogens is 240 g/mol. The first-order valence-electron chi connectivity index (χ1n) is 6.94. The SMILES string of the molecule is CCN(CCO)C(=O)NCC1CC1c1ccccc1. The summed E-state index contributed by atoms with van der Waals surface area (Å²) in [7, 11) is 0. The zero-order valence-electron chi connectivity index (χ0n) is 11.4. The second kappa shape index (κ2) is 6.57. The van der Waals surface area contributed by atoms with Crippen LogP contribution in [0.15, 0.2) is 30.3 Å². The van der Waals surface area contributed by atoms with Crippen LogP contribution in [0.1, 0.15) is 24.8 Å². The lowest BCUT2D eigenvalue weighted by Gasteiger charge is -2.20. The van der Waals surface area contributed by atoms with Crippen molar-refractivity contribution in [3.63, 3.8) is 0 Å². The lowest BCUT2D eigenvalue weighted by atomic mass is 10.1. The van der Waals surface area contributed by atoms with Crippen LogP contribution in [0.3, 0.4) is 0 Å². The maximum atomic E-state index is 11.8. The number of likely N-dealkylation sites (N-methyl/N-ethyl adjacent to an activating group) is 1. The van der Waals surface area contributed by atoms with E-state index in [4.69, 9.17) is 5.11 Å². The Labute approximate surface area is 114 Å². The van der Waals surface area contributed by atoms with Gasteiger partial charge in [0.1, 0.15) is 0 Å². The molecule has 1 fully saturated rings. The molecule has 1 aliphatic carbocycles. The average Bonchev–Trinajstić information content (AvgIpc) is 3.23. The number of carbonyl (C=O) groups excluding carboxylic acids is 1. The zero-order valence-corrected chi connectivity index (χ0v) is 11.4. The number of carbonyl (C=O) groups is 1. The van der Waals surface area contributed by atoms with Crippen molar-refractivity contribution < 1.29 is 9.90 Å². The normalized spacial score (nSPS) is 20.9. The Morgan fingerprint density at radius 2 is 2.16 bits per heavy atom. The van der Waals surface area contributed by atoms with Crippen molar-refractivity contribution in [2.75, 3.05) is 26.2 Å². The van der Waals surface area contributed by atoms with Gasteiger partial charge in [-0.15, -0.1) is 0 Å². The lowest BCUT2D eigenvalue weighted by molar-refractivity contribution is 0.180. The van der Waals surface area contributed by atoms with Gasteiger partial charge >= 0.3 is 6.03 Å². The van der Waals surface area contributed by atoms with Gasteiger partial charge in [0.15, 0.2) is 0 Å². The van der Waals surface area contributed by atoms with E-state index < -0.39 is 0 Å². The van der Waals surface area contributed by atoms with Gasteiger partial charge in [0.05, 0.1) is 6.61 Å². The number of aliphatic hydroxyl groups excluding tert-OH is 1. The first kappa shape index (κ1) is 13.9. The van der Waals surface area contributed by atoms with Crippen LogP contribution in [0.4, 0.5) is 4.79 Å². The van der Waals surface area contributed by atoms with Gasteiger partial charge in [-0.1, -0.05) is 30.3 Å². The third-order valence-electron chi connectivity index (χ3n) is 3.70. The molecule has 1 aromatic rings. The van der Waals surface area contributed by atoms with Crippen molar-refractivity contribution in [3.05, 3.63) is 35.9 Å². The van der Waals surface area contributed by atoms with Gasteiger partial charge in [0.2, 0.25) is 0 Å². The van der Waals surface area contributed by atoms with E-state index in [1.807, 2.05) is 13.0 Å². The number of nitrogens with one attached hydrogen (secondary N) is 1. The Kier molecular flexibility index (Phi) is 4.80. The number of urea groups is 1. The molecule has 1 aliphatic rings. The highest BCUT2D eigenvalue weighted by molar-refractivity contribution is 5.74. The van der Waals surface area contributed by atoms with Crippen LogP contribution >= 0.6 is 0 Å². The monoisotopic (exact) mass is 262 g/mol. The molecule has 2 N–H and O–H groups in total. The second-order valence-corrected chi connectivity index (χ2v) is 5.00. The number of amides is 2. The van der Waals surface area contributed by atoms with E-state index in [9.17, 15) is 4.79 Å². The van der Waals surface area contributed by atoms with Crippen molar-refractivity contribution in [1.29, 1.82) is 0 Å². The molecule has 0 saturated heterocycles. The molecule has 2 atom stereocenters. The van der Waals surface area contributed by atoms with Crippen LogP contribution < -0.4 is 5.32 Å². The van der Waals surface area contributed by atoms with Crippen LogP contribution in [0.2, 0.25) is 0 Å². The van der Waals surface area contributed by atoms with Crippen LogP contribution in [-0.4, -0.2) is 42.3 Å². The summed E-state index contributed by atoms with van der Waals surface area (Å²) < 4.78 is 0. The second-order valence-electron chi connectivity index (χ2n) is 5.00. The molecule has 4 heteroatoms.